The van der Waals surface area contributed by atoms with E-state index in [0.29, 0.717) is 19.3 Å². The maximum absolute atomic E-state index is 12.9. The third kappa shape index (κ3) is 62.4. The molecule has 6 nitrogen and oxygen atoms in total. The fourth-order valence-electron chi connectivity index (χ4n) is 8.63. The molecule has 6 heteroatoms. The molecule has 442 valence electrons. The second-order valence-corrected chi connectivity index (χ2v) is 20.9. The van der Waals surface area contributed by atoms with Crippen LogP contribution in [0.2, 0.25) is 0 Å². The molecule has 0 aromatic carbocycles. The number of allylic oxidation sites excluding steroid dienone is 22. The van der Waals surface area contributed by atoms with Crippen molar-refractivity contribution in [2.45, 2.75) is 290 Å². The summed E-state index contributed by atoms with van der Waals surface area (Å²) < 4.78 is 16.8. The lowest BCUT2D eigenvalue weighted by Crippen LogP contribution is -2.30. The lowest BCUT2D eigenvalue weighted by Gasteiger charge is -2.18. The van der Waals surface area contributed by atoms with Crippen LogP contribution in [0.5, 0.6) is 0 Å². The van der Waals surface area contributed by atoms with Crippen molar-refractivity contribution in [2.24, 2.45) is 0 Å². The van der Waals surface area contributed by atoms with Crippen molar-refractivity contribution < 1.29 is 28.6 Å². The lowest BCUT2D eigenvalue weighted by atomic mass is 10.1. The molecule has 0 aromatic rings. The zero-order chi connectivity index (χ0) is 56.4. The van der Waals surface area contributed by atoms with Crippen LogP contribution in [0.25, 0.3) is 0 Å². The molecule has 1 unspecified atom stereocenters. The third-order valence-corrected chi connectivity index (χ3v) is 13.4. The molecule has 0 rings (SSSR count). The van der Waals surface area contributed by atoms with Gasteiger partial charge in [-0.1, -0.05) is 276 Å². The fourth-order valence-corrected chi connectivity index (χ4v) is 8.63. The van der Waals surface area contributed by atoms with Gasteiger partial charge in [-0.05, 0) is 122 Å². The van der Waals surface area contributed by atoms with Gasteiger partial charge in [0, 0.05) is 19.3 Å². The predicted molar refractivity (Wildman–Crippen MR) is 339 cm³/mol. The molecule has 0 aliphatic carbocycles. The van der Waals surface area contributed by atoms with Crippen LogP contribution >= 0.6 is 0 Å². The van der Waals surface area contributed by atoms with Gasteiger partial charge < -0.3 is 14.2 Å². The summed E-state index contributed by atoms with van der Waals surface area (Å²) in [7, 11) is 0. The number of carbonyl (C=O) groups excluding carboxylic acids is 3. The topological polar surface area (TPSA) is 78.9 Å². The van der Waals surface area contributed by atoms with E-state index in [2.05, 4.69) is 148 Å². The zero-order valence-corrected chi connectivity index (χ0v) is 50.6. The maximum Gasteiger partial charge on any atom is 0.306 e. The Balaban J connectivity index is 4.35. The van der Waals surface area contributed by atoms with Gasteiger partial charge in [-0.2, -0.15) is 0 Å². The summed E-state index contributed by atoms with van der Waals surface area (Å²) in [6.07, 6.45) is 91.9. The number of ether oxygens (including phenoxy) is 3. The van der Waals surface area contributed by atoms with Crippen LogP contribution in [-0.2, 0) is 28.6 Å². The number of hydrogen-bond donors (Lipinski definition) is 0. The van der Waals surface area contributed by atoms with Gasteiger partial charge in [0.1, 0.15) is 13.2 Å². The molecular formula is C72H118O6. The summed E-state index contributed by atoms with van der Waals surface area (Å²) in [5, 5.41) is 0. The van der Waals surface area contributed by atoms with Crippen molar-refractivity contribution in [1.29, 1.82) is 0 Å². The molecular weight excluding hydrogens is 961 g/mol. The molecule has 0 amide bonds. The molecule has 0 aliphatic heterocycles. The van der Waals surface area contributed by atoms with Crippen molar-refractivity contribution in [1.82, 2.24) is 0 Å². The minimum absolute atomic E-state index is 0.107. The van der Waals surface area contributed by atoms with Crippen LogP contribution in [0.4, 0.5) is 0 Å². The number of carbonyl (C=O) groups is 3. The average Bonchev–Trinajstić information content (AvgIpc) is 3.44. The van der Waals surface area contributed by atoms with Crippen molar-refractivity contribution in [3.63, 3.8) is 0 Å². The van der Waals surface area contributed by atoms with Crippen LogP contribution in [0, 0.1) is 0 Å². The van der Waals surface area contributed by atoms with E-state index >= 15 is 0 Å². The summed E-state index contributed by atoms with van der Waals surface area (Å²) in [6, 6.07) is 0. The highest BCUT2D eigenvalue weighted by Crippen LogP contribution is 2.15. The van der Waals surface area contributed by atoms with Gasteiger partial charge in [0.25, 0.3) is 0 Å². The molecule has 0 aliphatic rings. The van der Waals surface area contributed by atoms with Gasteiger partial charge in [0.2, 0.25) is 0 Å². The SMILES string of the molecule is CC/C=C\C/C=C\C/C=C\C/C=C\C/C=C\C/C=C\CCCCCCCCCCCCC(=O)OCC(COC(=O)CC/C=C\C/C=C\C/C=C\C/C=C\CC)OC(=O)CCCCCCCCC/C=C\CCCCCCCCC. The quantitative estimate of drug-likeness (QED) is 0.0261. The number of hydrogen-bond acceptors (Lipinski definition) is 6. The van der Waals surface area contributed by atoms with Gasteiger partial charge >= 0.3 is 17.9 Å². The highest BCUT2D eigenvalue weighted by atomic mass is 16.6. The first-order valence-electron chi connectivity index (χ1n) is 32.2. The monoisotopic (exact) mass is 1080 g/mol. The Labute approximate surface area is 481 Å². The Morgan fingerprint density at radius 2 is 0.526 bits per heavy atom. The van der Waals surface area contributed by atoms with E-state index in [1.54, 1.807) is 0 Å². The fraction of sp³-hybridized carbons (Fsp3) is 0.653. The summed E-state index contributed by atoms with van der Waals surface area (Å²) in [5.41, 5.74) is 0. The molecule has 0 saturated carbocycles. The number of rotatable bonds is 57. The van der Waals surface area contributed by atoms with Gasteiger partial charge in [0.05, 0.1) is 0 Å². The summed E-state index contributed by atoms with van der Waals surface area (Å²) in [6.45, 7) is 6.35. The summed E-state index contributed by atoms with van der Waals surface area (Å²) in [4.78, 5) is 38.2. The minimum Gasteiger partial charge on any atom is -0.462 e. The molecule has 0 spiro atoms. The summed E-state index contributed by atoms with van der Waals surface area (Å²) >= 11 is 0. The van der Waals surface area contributed by atoms with Gasteiger partial charge in [-0.3, -0.25) is 14.4 Å². The Hall–Kier alpha value is -4.45. The van der Waals surface area contributed by atoms with Crippen molar-refractivity contribution in [2.75, 3.05) is 13.2 Å². The second-order valence-electron chi connectivity index (χ2n) is 20.9. The largest absolute Gasteiger partial charge is 0.462 e. The van der Waals surface area contributed by atoms with E-state index in [-0.39, 0.29) is 37.5 Å². The Morgan fingerprint density at radius 1 is 0.269 bits per heavy atom. The van der Waals surface area contributed by atoms with E-state index in [1.165, 1.54) is 135 Å². The van der Waals surface area contributed by atoms with E-state index in [9.17, 15) is 14.4 Å². The van der Waals surface area contributed by atoms with Crippen LogP contribution in [-0.4, -0.2) is 37.2 Å². The first-order chi connectivity index (χ1) is 38.5. The average molecular weight is 1080 g/mol. The number of esters is 3. The lowest BCUT2D eigenvalue weighted by molar-refractivity contribution is -0.166. The normalized spacial score (nSPS) is 13.0. The van der Waals surface area contributed by atoms with E-state index in [4.69, 9.17) is 14.2 Å². The van der Waals surface area contributed by atoms with Crippen molar-refractivity contribution in [3.8, 4) is 0 Å². The van der Waals surface area contributed by atoms with Crippen LogP contribution < -0.4 is 0 Å². The second kappa shape index (κ2) is 65.1. The van der Waals surface area contributed by atoms with Gasteiger partial charge in [-0.25, -0.2) is 0 Å². The third-order valence-electron chi connectivity index (χ3n) is 13.4. The Kier molecular flexibility index (Phi) is 61.4. The Bertz CT molecular complexity index is 1670. The smallest absolute Gasteiger partial charge is 0.306 e. The molecule has 0 fully saturated rings. The van der Waals surface area contributed by atoms with E-state index in [0.717, 1.165) is 103 Å². The molecule has 0 N–H and O–H groups in total. The maximum atomic E-state index is 12.9. The first kappa shape index (κ1) is 73.5. The highest BCUT2D eigenvalue weighted by molar-refractivity contribution is 5.71. The standard InChI is InChI=1S/C72H118O6/c1-4-7-10-13-16-19-22-25-27-29-31-32-33-34-35-36-37-38-39-40-41-43-44-47-50-53-56-59-62-65-71(74)77-68-69(67-76-70(73)64-61-58-55-52-49-46-24-21-18-15-12-9-6-3)78-72(75)66-63-60-57-54-51-48-45-42-30-28-26-23-20-17-14-11-8-5-2/h7,9-10,12,16,18-19,21,25,27-28,30-32,34-35,37-38,46,49,55,58,69H,4-6,8,11,13-15,17,20,22-24,26,29,33,36,39-45,47-48,50-54,56-57,59-68H2,1-3H3/b10-7-,12-9-,19-16-,21-18-,27-25-,30-28-,32-31-,35-34-,38-37-,49-46-,58-55-. The van der Waals surface area contributed by atoms with Crippen LogP contribution in [0.15, 0.2) is 134 Å². The van der Waals surface area contributed by atoms with E-state index in [1.807, 2.05) is 6.08 Å². The molecule has 0 saturated heterocycles. The zero-order valence-electron chi connectivity index (χ0n) is 50.6. The predicted octanol–water partition coefficient (Wildman–Crippen LogP) is 22.2. The molecule has 0 bridgehead atoms. The van der Waals surface area contributed by atoms with Crippen molar-refractivity contribution in [3.05, 3.63) is 134 Å². The first-order valence-corrected chi connectivity index (χ1v) is 32.2. The highest BCUT2D eigenvalue weighted by Gasteiger charge is 2.19. The molecule has 0 aromatic heterocycles. The van der Waals surface area contributed by atoms with Crippen molar-refractivity contribution >= 4 is 17.9 Å². The van der Waals surface area contributed by atoms with Crippen LogP contribution in [0.1, 0.15) is 284 Å². The number of unbranched alkanes of at least 4 members (excludes halogenated alkanes) is 24. The molecule has 1 atom stereocenters. The molecule has 78 heavy (non-hydrogen) atoms. The minimum atomic E-state index is -0.816. The van der Waals surface area contributed by atoms with Gasteiger partial charge in [0.15, 0.2) is 6.10 Å². The summed E-state index contributed by atoms with van der Waals surface area (Å²) in [5.74, 6) is -0.998. The Morgan fingerprint density at radius 3 is 0.872 bits per heavy atom. The van der Waals surface area contributed by atoms with E-state index < -0.39 is 6.10 Å². The molecule has 0 heterocycles. The van der Waals surface area contributed by atoms with Gasteiger partial charge in [-0.15, -0.1) is 0 Å². The van der Waals surface area contributed by atoms with Crippen LogP contribution in [0.3, 0.4) is 0 Å². The molecule has 0 radical (unpaired) electrons.